The average Bonchev–Trinajstić information content (AvgIpc) is 2.85. The fourth-order valence-corrected chi connectivity index (χ4v) is 2.39. The molecular weight excluding hydrogens is 318 g/mol. The minimum atomic E-state index is -0.904. The molecule has 25 heavy (non-hydrogen) atoms. The number of nitrogens with zero attached hydrogens (tertiary/aromatic N) is 2. The Morgan fingerprint density at radius 1 is 1.20 bits per heavy atom. The number of anilines is 1. The van der Waals surface area contributed by atoms with Crippen molar-refractivity contribution in [2.45, 2.75) is 52.7 Å². The number of carbonyl (C=O) groups excluding carboxylic acids is 1. The van der Waals surface area contributed by atoms with Crippen molar-refractivity contribution in [1.82, 2.24) is 9.78 Å². The van der Waals surface area contributed by atoms with Gasteiger partial charge in [0.05, 0.1) is 16.8 Å². The second-order valence-corrected chi connectivity index (χ2v) is 7.67. The summed E-state index contributed by atoms with van der Waals surface area (Å²) in [4.78, 5) is 12.2. The lowest BCUT2D eigenvalue weighted by atomic mass is 9.99. The molecule has 0 saturated carbocycles. The second kappa shape index (κ2) is 6.88. The molecule has 6 nitrogen and oxygen atoms in total. The van der Waals surface area contributed by atoms with Gasteiger partial charge in [-0.2, -0.15) is 5.10 Å². The minimum absolute atomic E-state index is 0.101. The maximum atomic E-state index is 12.2. The van der Waals surface area contributed by atoms with Crippen molar-refractivity contribution in [1.29, 1.82) is 0 Å². The van der Waals surface area contributed by atoms with Crippen molar-refractivity contribution in [2.75, 3.05) is 11.9 Å². The van der Waals surface area contributed by atoms with Crippen LogP contribution in [-0.4, -0.2) is 27.4 Å². The molecular formula is C19H27N3O3. The monoisotopic (exact) mass is 345 g/mol. The quantitative estimate of drug-likeness (QED) is 0.872. The van der Waals surface area contributed by atoms with Crippen molar-refractivity contribution in [3.63, 3.8) is 0 Å². The van der Waals surface area contributed by atoms with E-state index in [0.717, 1.165) is 11.3 Å². The molecule has 0 bridgehead atoms. The van der Waals surface area contributed by atoms with Gasteiger partial charge in [0.15, 0.2) is 6.61 Å². The Morgan fingerprint density at radius 3 is 2.32 bits per heavy atom. The molecule has 2 rings (SSSR count). The molecule has 0 saturated heterocycles. The first-order valence-electron chi connectivity index (χ1n) is 8.29. The zero-order chi connectivity index (χ0) is 18.8. The van der Waals surface area contributed by atoms with Crippen molar-refractivity contribution in [3.8, 4) is 5.75 Å². The van der Waals surface area contributed by atoms with E-state index in [1.165, 1.54) is 0 Å². The normalized spacial score (nSPS) is 12.1. The molecule has 2 N–H and O–H groups in total. The van der Waals surface area contributed by atoms with Gasteiger partial charge in [0, 0.05) is 6.07 Å². The van der Waals surface area contributed by atoms with Gasteiger partial charge in [-0.05, 0) is 59.2 Å². The van der Waals surface area contributed by atoms with Crippen LogP contribution in [0, 0.1) is 6.92 Å². The summed E-state index contributed by atoms with van der Waals surface area (Å²) in [5, 5.41) is 17.2. The molecule has 1 aromatic heterocycles. The standard InChI is InChI=1S/C19H27N3O3/c1-13-11-16(22(21-13)18(2,3)4)20-17(23)12-25-15-9-7-14(8-10-15)19(5,6)24/h7-11,24H,12H2,1-6H3,(H,20,23). The van der Waals surface area contributed by atoms with Gasteiger partial charge in [-0.15, -0.1) is 0 Å². The molecule has 0 aliphatic heterocycles. The number of aryl methyl sites for hydroxylation is 1. The molecule has 6 heteroatoms. The summed E-state index contributed by atoms with van der Waals surface area (Å²) in [5.41, 5.74) is 0.492. The number of aromatic nitrogens is 2. The van der Waals surface area contributed by atoms with Crippen molar-refractivity contribution < 1.29 is 14.6 Å². The van der Waals surface area contributed by atoms with Crippen LogP contribution in [0.1, 0.15) is 45.9 Å². The molecule has 0 unspecified atom stereocenters. The molecule has 136 valence electrons. The van der Waals surface area contributed by atoms with Crippen LogP contribution in [0.3, 0.4) is 0 Å². The van der Waals surface area contributed by atoms with Crippen molar-refractivity contribution in [2.24, 2.45) is 0 Å². The van der Waals surface area contributed by atoms with Gasteiger partial charge < -0.3 is 15.2 Å². The Morgan fingerprint density at radius 2 is 1.80 bits per heavy atom. The highest BCUT2D eigenvalue weighted by molar-refractivity contribution is 5.91. The van der Waals surface area contributed by atoms with Gasteiger partial charge in [-0.3, -0.25) is 4.79 Å². The van der Waals surface area contributed by atoms with Crippen LogP contribution in [-0.2, 0) is 15.9 Å². The third-order valence-electron chi connectivity index (χ3n) is 3.67. The number of nitrogens with one attached hydrogen (secondary N) is 1. The van der Waals surface area contributed by atoms with E-state index in [1.807, 2.05) is 33.8 Å². The summed E-state index contributed by atoms with van der Waals surface area (Å²) >= 11 is 0. The number of hydrogen-bond donors (Lipinski definition) is 2. The van der Waals surface area contributed by atoms with Gasteiger partial charge in [-0.25, -0.2) is 4.68 Å². The topological polar surface area (TPSA) is 76.4 Å². The van der Waals surface area contributed by atoms with E-state index in [-0.39, 0.29) is 18.1 Å². The van der Waals surface area contributed by atoms with Crippen LogP contribution in [0.4, 0.5) is 5.82 Å². The van der Waals surface area contributed by atoms with Crippen LogP contribution >= 0.6 is 0 Å². The van der Waals surface area contributed by atoms with Crippen LogP contribution in [0.15, 0.2) is 30.3 Å². The number of amides is 1. The van der Waals surface area contributed by atoms with Crippen molar-refractivity contribution >= 4 is 11.7 Å². The summed E-state index contributed by atoms with van der Waals surface area (Å²) < 4.78 is 7.31. The first-order chi connectivity index (χ1) is 11.5. The Balaban J connectivity index is 1.98. The predicted molar refractivity (Wildman–Crippen MR) is 97.8 cm³/mol. The summed E-state index contributed by atoms with van der Waals surface area (Å²) in [6, 6.07) is 8.88. The van der Waals surface area contributed by atoms with Crippen molar-refractivity contribution in [3.05, 3.63) is 41.6 Å². The smallest absolute Gasteiger partial charge is 0.263 e. The molecule has 0 radical (unpaired) electrons. The highest BCUT2D eigenvalue weighted by atomic mass is 16.5. The molecule has 0 aliphatic rings. The van der Waals surface area contributed by atoms with Crippen LogP contribution in [0.2, 0.25) is 0 Å². The number of hydrogen-bond acceptors (Lipinski definition) is 4. The summed E-state index contributed by atoms with van der Waals surface area (Å²) in [7, 11) is 0. The molecule has 1 amide bonds. The Kier molecular flexibility index (Phi) is 5.23. The van der Waals surface area contributed by atoms with E-state index in [9.17, 15) is 9.90 Å². The van der Waals surface area contributed by atoms with E-state index >= 15 is 0 Å². The van der Waals surface area contributed by atoms with E-state index < -0.39 is 5.60 Å². The van der Waals surface area contributed by atoms with Gasteiger partial charge in [0.25, 0.3) is 5.91 Å². The molecule has 0 aliphatic carbocycles. The SMILES string of the molecule is Cc1cc(NC(=O)COc2ccc(C(C)(C)O)cc2)n(C(C)(C)C)n1. The summed E-state index contributed by atoms with van der Waals surface area (Å²) in [6.07, 6.45) is 0. The van der Waals surface area contributed by atoms with Crippen LogP contribution in [0.5, 0.6) is 5.75 Å². The molecule has 1 heterocycles. The van der Waals surface area contributed by atoms with Crippen LogP contribution in [0.25, 0.3) is 0 Å². The fourth-order valence-electron chi connectivity index (χ4n) is 2.39. The zero-order valence-corrected chi connectivity index (χ0v) is 15.8. The third-order valence-corrected chi connectivity index (χ3v) is 3.67. The summed E-state index contributed by atoms with van der Waals surface area (Å²) in [6.45, 7) is 11.3. The predicted octanol–water partition coefficient (Wildman–Crippen LogP) is 3.19. The third kappa shape index (κ3) is 5.06. The largest absolute Gasteiger partial charge is 0.484 e. The van der Waals surface area contributed by atoms with E-state index in [2.05, 4.69) is 10.4 Å². The first-order valence-corrected chi connectivity index (χ1v) is 8.29. The highest BCUT2D eigenvalue weighted by Gasteiger charge is 2.20. The zero-order valence-electron chi connectivity index (χ0n) is 15.8. The molecule has 1 aromatic carbocycles. The maximum Gasteiger partial charge on any atom is 0.263 e. The minimum Gasteiger partial charge on any atom is -0.484 e. The van der Waals surface area contributed by atoms with E-state index in [4.69, 9.17) is 4.74 Å². The lowest BCUT2D eigenvalue weighted by Gasteiger charge is -2.22. The van der Waals surface area contributed by atoms with Gasteiger partial charge in [0.2, 0.25) is 0 Å². The van der Waals surface area contributed by atoms with E-state index in [0.29, 0.717) is 11.6 Å². The first kappa shape index (κ1) is 19.0. The number of ether oxygens (including phenoxy) is 1. The molecule has 0 spiro atoms. The fraction of sp³-hybridized carbons (Fsp3) is 0.474. The van der Waals surface area contributed by atoms with E-state index in [1.54, 1.807) is 42.8 Å². The maximum absolute atomic E-state index is 12.2. The van der Waals surface area contributed by atoms with Gasteiger partial charge in [0.1, 0.15) is 11.6 Å². The lowest BCUT2D eigenvalue weighted by molar-refractivity contribution is -0.118. The Hall–Kier alpha value is -2.34. The molecule has 0 fully saturated rings. The average molecular weight is 345 g/mol. The molecule has 2 aromatic rings. The molecule has 0 atom stereocenters. The number of rotatable bonds is 5. The van der Waals surface area contributed by atoms with Gasteiger partial charge in [-0.1, -0.05) is 12.1 Å². The highest BCUT2D eigenvalue weighted by Crippen LogP contribution is 2.23. The number of aliphatic hydroxyl groups is 1. The number of carbonyl (C=O) groups is 1. The van der Waals surface area contributed by atoms with Crippen LogP contribution < -0.4 is 10.1 Å². The second-order valence-electron chi connectivity index (χ2n) is 7.67. The number of benzene rings is 1. The van der Waals surface area contributed by atoms with Gasteiger partial charge >= 0.3 is 0 Å². The lowest BCUT2D eigenvalue weighted by Crippen LogP contribution is -2.28. The Bertz CT molecular complexity index is 735. The Labute approximate surface area is 148 Å². The summed E-state index contributed by atoms with van der Waals surface area (Å²) in [5.74, 6) is 0.969.